The third-order valence-electron chi connectivity index (χ3n) is 4.66. The minimum absolute atomic E-state index is 0.0183. The zero-order chi connectivity index (χ0) is 21.8. The summed E-state index contributed by atoms with van der Waals surface area (Å²) < 4.78 is 35.0. The van der Waals surface area contributed by atoms with Gasteiger partial charge >= 0.3 is 11.6 Å². The lowest BCUT2D eigenvalue weighted by Crippen LogP contribution is -2.08. The fraction of sp³-hybridized carbons (Fsp3) is 0.174. The Labute approximate surface area is 176 Å². The molecule has 158 valence electrons. The first-order valence-corrected chi connectivity index (χ1v) is 9.49. The van der Waals surface area contributed by atoms with Crippen molar-refractivity contribution in [1.29, 1.82) is 0 Å². The Bertz CT molecular complexity index is 1290. The van der Waals surface area contributed by atoms with Crippen LogP contribution in [0.15, 0.2) is 68.4 Å². The lowest BCUT2D eigenvalue weighted by molar-refractivity contribution is -0.144. The summed E-state index contributed by atoms with van der Waals surface area (Å²) in [6.07, 6.45) is 1.63. The average Bonchev–Trinajstić information content (AvgIpc) is 3.24. The molecule has 0 aliphatic rings. The van der Waals surface area contributed by atoms with Gasteiger partial charge < -0.3 is 18.3 Å². The van der Waals surface area contributed by atoms with E-state index in [9.17, 15) is 14.0 Å². The molecule has 4 aromatic rings. The number of benzene rings is 2. The molecule has 0 fully saturated rings. The molecule has 0 unspecified atom stereocenters. The van der Waals surface area contributed by atoms with Crippen LogP contribution in [0.3, 0.4) is 0 Å². The van der Waals surface area contributed by atoms with Gasteiger partial charge in [0.1, 0.15) is 23.8 Å². The van der Waals surface area contributed by atoms with Crippen LogP contribution in [0.1, 0.15) is 17.9 Å². The number of carbonyl (C=O) groups excluding carboxylic acids is 1. The normalized spacial score (nSPS) is 10.9. The fourth-order valence-electron chi connectivity index (χ4n) is 3.11. The van der Waals surface area contributed by atoms with E-state index in [0.717, 1.165) is 0 Å². The molecule has 4 rings (SSSR count). The van der Waals surface area contributed by atoms with E-state index in [0.29, 0.717) is 39.5 Å². The van der Waals surface area contributed by atoms with Crippen LogP contribution in [0.4, 0.5) is 4.39 Å². The average molecular weight is 423 g/mol. The van der Waals surface area contributed by atoms with E-state index in [2.05, 4.69) is 4.98 Å². The molecular formula is C23H18FNO6. The molecule has 2 aromatic heterocycles. The number of aromatic nitrogens is 1. The zero-order valence-corrected chi connectivity index (χ0v) is 16.6. The Morgan fingerprint density at radius 3 is 2.77 bits per heavy atom. The second kappa shape index (κ2) is 8.83. The van der Waals surface area contributed by atoms with E-state index in [1.165, 1.54) is 25.4 Å². The van der Waals surface area contributed by atoms with Gasteiger partial charge in [-0.3, -0.25) is 4.79 Å². The number of methoxy groups -OCH3 is 1. The van der Waals surface area contributed by atoms with Crippen molar-refractivity contribution < 1.29 is 27.5 Å². The molecular weight excluding hydrogens is 405 g/mol. The van der Waals surface area contributed by atoms with Crippen LogP contribution in [0, 0.1) is 5.82 Å². The molecule has 31 heavy (non-hydrogen) atoms. The van der Waals surface area contributed by atoms with E-state index >= 15 is 0 Å². The maximum Gasteiger partial charge on any atom is 0.336 e. The molecule has 0 saturated heterocycles. The highest BCUT2D eigenvalue weighted by atomic mass is 19.1. The van der Waals surface area contributed by atoms with Crippen LogP contribution in [0.2, 0.25) is 0 Å². The Morgan fingerprint density at radius 2 is 1.97 bits per heavy atom. The number of carbonyl (C=O) groups is 1. The third-order valence-corrected chi connectivity index (χ3v) is 4.66. The van der Waals surface area contributed by atoms with Crippen molar-refractivity contribution in [3.05, 3.63) is 82.4 Å². The summed E-state index contributed by atoms with van der Waals surface area (Å²) in [5.41, 5.74) is 0.626. The molecule has 0 N–H and O–H groups in total. The number of esters is 1. The second-order valence-corrected chi connectivity index (χ2v) is 6.71. The van der Waals surface area contributed by atoms with Gasteiger partial charge in [-0.2, -0.15) is 0 Å². The number of aryl methyl sites for hydroxylation is 1. The Kier molecular flexibility index (Phi) is 5.79. The van der Waals surface area contributed by atoms with Crippen LogP contribution in [0.25, 0.3) is 22.3 Å². The van der Waals surface area contributed by atoms with Crippen molar-refractivity contribution >= 4 is 16.9 Å². The van der Waals surface area contributed by atoms with Crippen LogP contribution in [-0.4, -0.2) is 18.1 Å². The van der Waals surface area contributed by atoms with Crippen molar-refractivity contribution in [2.45, 2.75) is 19.4 Å². The van der Waals surface area contributed by atoms with E-state index in [1.807, 2.05) is 0 Å². The van der Waals surface area contributed by atoms with Crippen molar-refractivity contribution in [3.63, 3.8) is 0 Å². The van der Waals surface area contributed by atoms with Gasteiger partial charge in [0.2, 0.25) is 0 Å². The monoisotopic (exact) mass is 423 g/mol. The molecule has 0 spiro atoms. The molecule has 8 heteroatoms. The van der Waals surface area contributed by atoms with Gasteiger partial charge in [-0.05, 0) is 24.3 Å². The van der Waals surface area contributed by atoms with E-state index in [1.54, 1.807) is 36.4 Å². The zero-order valence-electron chi connectivity index (χ0n) is 16.6. The maximum absolute atomic E-state index is 13.8. The molecule has 0 aliphatic carbocycles. The summed E-state index contributed by atoms with van der Waals surface area (Å²) in [5, 5.41) is 0.649. The number of hydrogen-bond acceptors (Lipinski definition) is 7. The predicted octanol–water partition coefficient (Wildman–Crippen LogP) is 4.27. The smallest absolute Gasteiger partial charge is 0.336 e. The highest BCUT2D eigenvalue weighted by molar-refractivity contribution is 5.81. The predicted molar refractivity (Wildman–Crippen MR) is 109 cm³/mol. The van der Waals surface area contributed by atoms with Crippen molar-refractivity contribution in [2.24, 2.45) is 0 Å². The second-order valence-electron chi connectivity index (χ2n) is 6.71. The van der Waals surface area contributed by atoms with Gasteiger partial charge in [-0.1, -0.05) is 12.1 Å². The van der Waals surface area contributed by atoms with Crippen LogP contribution in [-0.2, 0) is 22.6 Å². The number of rotatable bonds is 7. The standard InChI is InChI=1S/C23H18FNO6/c1-28-15-6-7-16-14(10-23(27)31-19(16)11-15)13-29-22(26)9-8-21-25-12-20(30-21)17-4-2-3-5-18(17)24/h2-7,10-12H,8-9,13H2,1H3. The highest BCUT2D eigenvalue weighted by Crippen LogP contribution is 2.24. The first-order valence-electron chi connectivity index (χ1n) is 9.49. The Morgan fingerprint density at radius 1 is 1.13 bits per heavy atom. The topological polar surface area (TPSA) is 91.8 Å². The molecule has 2 aromatic carbocycles. The number of ether oxygens (including phenoxy) is 2. The van der Waals surface area contributed by atoms with Crippen molar-refractivity contribution in [1.82, 2.24) is 4.98 Å². The number of fused-ring (bicyclic) bond motifs is 1. The lowest BCUT2D eigenvalue weighted by Gasteiger charge is -2.08. The largest absolute Gasteiger partial charge is 0.497 e. The van der Waals surface area contributed by atoms with E-state index in [-0.39, 0.29) is 19.4 Å². The summed E-state index contributed by atoms with van der Waals surface area (Å²) in [6.45, 7) is -0.0840. The molecule has 0 radical (unpaired) electrons. The highest BCUT2D eigenvalue weighted by Gasteiger charge is 2.13. The third kappa shape index (κ3) is 4.63. The fourth-order valence-corrected chi connectivity index (χ4v) is 3.11. The van der Waals surface area contributed by atoms with Crippen molar-refractivity contribution in [3.8, 4) is 17.1 Å². The molecule has 0 saturated carbocycles. The molecule has 2 heterocycles. The summed E-state index contributed by atoms with van der Waals surface area (Å²) in [5.74, 6) is 0.236. The van der Waals surface area contributed by atoms with Crippen LogP contribution < -0.4 is 10.4 Å². The maximum atomic E-state index is 13.8. The number of oxazole rings is 1. The first-order chi connectivity index (χ1) is 15.0. The number of halogens is 1. The lowest BCUT2D eigenvalue weighted by atomic mass is 10.1. The van der Waals surface area contributed by atoms with Gasteiger partial charge in [0.15, 0.2) is 11.7 Å². The van der Waals surface area contributed by atoms with Crippen LogP contribution in [0.5, 0.6) is 5.75 Å². The summed E-state index contributed by atoms with van der Waals surface area (Å²) in [7, 11) is 1.51. The Balaban J connectivity index is 1.38. The van der Waals surface area contributed by atoms with Gasteiger partial charge in [-0.15, -0.1) is 0 Å². The number of hydrogen-bond donors (Lipinski definition) is 0. The van der Waals surface area contributed by atoms with Gasteiger partial charge in [0, 0.05) is 29.5 Å². The minimum atomic E-state index is -0.549. The van der Waals surface area contributed by atoms with E-state index < -0.39 is 17.4 Å². The quantitative estimate of drug-likeness (QED) is 0.324. The van der Waals surface area contributed by atoms with Crippen molar-refractivity contribution in [2.75, 3.05) is 7.11 Å². The van der Waals surface area contributed by atoms with Gasteiger partial charge in [-0.25, -0.2) is 14.2 Å². The molecule has 0 atom stereocenters. The molecule has 7 nitrogen and oxygen atoms in total. The Hall–Kier alpha value is -3.94. The van der Waals surface area contributed by atoms with Crippen LogP contribution >= 0.6 is 0 Å². The SMILES string of the molecule is COc1ccc2c(COC(=O)CCc3ncc(-c4ccccc4F)o3)cc(=O)oc2c1. The molecule has 0 amide bonds. The molecule has 0 aliphatic heterocycles. The first kappa shape index (κ1) is 20.3. The summed E-state index contributed by atoms with van der Waals surface area (Å²) in [4.78, 5) is 28.1. The summed E-state index contributed by atoms with van der Waals surface area (Å²) >= 11 is 0. The van der Waals surface area contributed by atoms with Gasteiger partial charge in [0.05, 0.1) is 25.3 Å². The van der Waals surface area contributed by atoms with Gasteiger partial charge in [0.25, 0.3) is 0 Å². The van der Waals surface area contributed by atoms with E-state index in [4.69, 9.17) is 18.3 Å². The minimum Gasteiger partial charge on any atom is -0.497 e. The number of nitrogens with zero attached hydrogens (tertiary/aromatic N) is 1. The summed E-state index contributed by atoms with van der Waals surface area (Å²) in [6, 6.07) is 12.5. The molecule has 0 bridgehead atoms.